The van der Waals surface area contributed by atoms with Crippen molar-refractivity contribution in [3.8, 4) is 5.69 Å². The van der Waals surface area contributed by atoms with Crippen LogP contribution < -0.4 is 16.2 Å². The highest BCUT2D eigenvalue weighted by atomic mass is 79.9. The highest BCUT2D eigenvalue weighted by Crippen LogP contribution is 2.36. The lowest BCUT2D eigenvalue weighted by atomic mass is 10.3. The molecule has 0 aliphatic heterocycles. The molecule has 0 aliphatic carbocycles. The predicted octanol–water partition coefficient (Wildman–Crippen LogP) is 2.22. The molecule has 2 N–H and O–H groups in total. The molecule has 0 saturated heterocycles. The smallest absolute Gasteiger partial charge is 0.406 e. The molecule has 2 aromatic heterocycles. The number of benzene rings is 2. The standard InChI is InChI=1S/C16H11BrClN5O5S/c1-22-7-19-23(16(22)25)9-4-2-8(3-5-9)21-29(26,27)14-10(17)6-11-13(12(14)18)28-15(24)20-11/h2-7,21H,1H3,(H,20,24). The molecule has 13 heteroatoms. The van der Waals surface area contributed by atoms with Gasteiger partial charge in [-0.05, 0) is 46.3 Å². The SMILES string of the molecule is Cn1cnn(-c2ccc(NS(=O)(=O)c3c(Br)cc4[nH]c(=O)oc4c3Cl)cc2)c1=O. The van der Waals surface area contributed by atoms with E-state index in [-0.39, 0.29) is 36.9 Å². The molecule has 29 heavy (non-hydrogen) atoms. The summed E-state index contributed by atoms with van der Waals surface area (Å²) in [6.07, 6.45) is 1.37. The van der Waals surface area contributed by atoms with Crippen LogP contribution in [0, 0.1) is 0 Å². The minimum Gasteiger partial charge on any atom is -0.406 e. The van der Waals surface area contributed by atoms with Crippen LogP contribution in [0.3, 0.4) is 0 Å². The Morgan fingerprint density at radius 2 is 1.93 bits per heavy atom. The summed E-state index contributed by atoms with van der Waals surface area (Å²) in [6, 6.07) is 7.42. The van der Waals surface area contributed by atoms with Crippen molar-refractivity contribution in [1.29, 1.82) is 0 Å². The number of hydrogen-bond donors (Lipinski definition) is 2. The monoisotopic (exact) mass is 499 g/mol. The zero-order valence-electron chi connectivity index (χ0n) is 14.5. The molecule has 4 rings (SSSR count). The van der Waals surface area contributed by atoms with Crippen LogP contribution in [0.2, 0.25) is 5.02 Å². The first-order valence-electron chi connectivity index (χ1n) is 7.92. The molecule has 0 fully saturated rings. The summed E-state index contributed by atoms with van der Waals surface area (Å²) in [7, 11) is -2.56. The molecule has 10 nitrogen and oxygen atoms in total. The lowest BCUT2D eigenvalue weighted by Crippen LogP contribution is -2.21. The summed E-state index contributed by atoms with van der Waals surface area (Å²) in [4.78, 5) is 25.5. The van der Waals surface area contributed by atoms with E-state index in [1.54, 1.807) is 7.05 Å². The molecular weight excluding hydrogens is 490 g/mol. The van der Waals surface area contributed by atoms with Crippen LogP contribution in [0.25, 0.3) is 16.8 Å². The van der Waals surface area contributed by atoms with Gasteiger partial charge in [0, 0.05) is 17.2 Å². The summed E-state index contributed by atoms with van der Waals surface area (Å²) < 4.78 is 35.7. The molecule has 0 atom stereocenters. The maximum Gasteiger partial charge on any atom is 0.417 e. The van der Waals surface area contributed by atoms with E-state index < -0.39 is 15.8 Å². The van der Waals surface area contributed by atoms with Gasteiger partial charge in [-0.2, -0.15) is 9.78 Å². The van der Waals surface area contributed by atoms with E-state index in [9.17, 15) is 18.0 Å². The number of sulfonamides is 1. The van der Waals surface area contributed by atoms with E-state index in [2.05, 4.69) is 30.7 Å². The van der Waals surface area contributed by atoms with Crippen molar-refractivity contribution in [3.63, 3.8) is 0 Å². The fourth-order valence-corrected chi connectivity index (χ4v) is 5.60. The molecule has 150 valence electrons. The predicted molar refractivity (Wildman–Crippen MR) is 109 cm³/mol. The minimum absolute atomic E-state index is 0.0647. The van der Waals surface area contributed by atoms with Crippen molar-refractivity contribution in [2.45, 2.75) is 4.90 Å². The van der Waals surface area contributed by atoms with Crippen LogP contribution in [0.5, 0.6) is 0 Å². The van der Waals surface area contributed by atoms with Crippen LogP contribution in [-0.4, -0.2) is 27.7 Å². The van der Waals surface area contributed by atoms with Crippen molar-refractivity contribution in [2.75, 3.05) is 4.72 Å². The van der Waals surface area contributed by atoms with Crippen LogP contribution in [-0.2, 0) is 17.1 Å². The van der Waals surface area contributed by atoms with Gasteiger partial charge in [0.15, 0.2) is 5.58 Å². The number of aromatic nitrogens is 4. The first-order chi connectivity index (χ1) is 13.7. The van der Waals surface area contributed by atoms with Gasteiger partial charge in [0.05, 0.1) is 11.2 Å². The van der Waals surface area contributed by atoms with E-state index >= 15 is 0 Å². The van der Waals surface area contributed by atoms with E-state index in [1.165, 1.54) is 45.9 Å². The molecule has 0 spiro atoms. The van der Waals surface area contributed by atoms with Crippen LogP contribution in [0.4, 0.5) is 5.69 Å². The van der Waals surface area contributed by atoms with Gasteiger partial charge in [0.1, 0.15) is 16.2 Å². The number of H-pyrrole nitrogens is 1. The maximum atomic E-state index is 12.9. The number of fused-ring (bicyclic) bond motifs is 1. The van der Waals surface area contributed by atoms with Gasteiger partial charge in [-0.15, -0.1) is 0 Å². The molecule has 0 amide bonds. The van der Waals surface area contributed by atoms with Crippen molar-refractivity contribution in [2.24, 2.45) is 7.05 Å². The third kappa shape index (κ3) is 3.39. The Balaban J connectivity index is 1.71. The third-order valence-electron chi connectivity index (χ3n) is 4.02. The fraction of sp³-hybridized carbons (Fsp3) is 0.0625. The first-order valence-corrected chi connectivity index (χ1v) is 10.6. The van der Waals surface area contributed by atoms with Gasteiger partial charge >= 0.3 is 11.4 Å². The van der Waals surface area contributed by atoms with E-state index in [0.29, 0.717) is 5.69 Å². The van der Waals surface area contributed by atoms with Gasteiger partial charge in [-0.25, -0.2) is 18.0 Å². The van der Waals surface area contributed by atoms with Crippen LogP contribution in [0.1, 0.15) is 0 Å². The lowest BCUT2D eigenvalue weighted by Gasteiger charge is -2.12. The molecule has 2 aromatic carbocycles. The van der Waals surface area contributed by atoms with Crippen molar-refractivity contribution >= 4 is 54.3 Å². The Morgan fingerprint density at radius 1 is 1.24 bits per heavy atom. The van der Waals surface area contributed by atoms with Crippen molar-refractivity contribution < 1.29 is 12.8 Å². The Labute approximate surface area is 175 Å². The van der Waals surface area contributed by atoms with Gasteiger partial charge in [-0.3, -0.25) is 14.3 Å². The highest BCUT2D eigenvalue weighted by Gasteiger charge is 2.26. The Bertz CT molecular complexity index is 1470. The fourth-order valence-electron chi connectivity index (χ4n) is 2.68. The number of anilines is 1. The van der Waals surface area contributed by atoms with Gasteiger partial charge < -0.3 is 4.42 Å². The van der Waals surface area contributed by atoms with Crippen LogP contribution >= 0.6 is 27.5 Å². The zero-order valence-corrected chi connectivity index (χ0v) is 17.7. The summed E-state index contributed by atoms with van der Waals surface area (Å²) in [5.41, 5.74) is 0.557. The normalized spacial score (nSPS) is 11.8. The Hall–Kier alpha value is -2.83. The molecule has 0 unspecified atom stereocenters. The third-order valence-corrected chi connectivity index (χ3v) is 6.85. The number of aromatic amines is 1. The highest BCUT2D eigenvalue weighted by molar-refractivity contribution is 9.10. The number of hydrogen-bond acceptors (Lipinski definition) is 6. The molecule has 4 aromatic rings. The van der Waals surface area contributed by atoms with Gasteiger partial charge in [-0.1, -0.05) is 11.6 Å². The summed E-state index contributed by atoms with van der Waals surface area (Å²) in [5.74, 6) is -0.753. The number of oxazole rings is 1. The molecule has 2 heterocycles. The molecular formula is C16H11BrClN5O5S. The average molecular weight is 501 g/mol. The Kier molecular flexibility index (Phi) is 4.63. The first kappa shape index (κ1) is 19.5. The summed E-state index contributed by atoms with van der Waals surface area (Å²) >= 11 is 9.35. The van der Waals surface area contributed by atoms with Gasteiger partial charge in [0.2, 0.25) is 0 Å². The minimum atomic E-state index is -4.13. The number of halogens is 2. The number of rotatable bonds is 4. The second-order valence-corrected chi connectivity index (χ2v) is 8.83. The molecule has 0 bridgehead atoms. The van der Waals surface area contributed by atoms with Gasteiger partial charge in [0.25, 0.3) is 10.0 Å². The molecule has 0 radical (unpaired) electrons. The number of nitrogens with zero attached hydrogens (tertiary/aromatic N) is 3. The number of nitrogens with one attached hydrogen (secondary N) is 2. The summed E-state index contributed by atoms with van der Waals surface area (Å²) in [5, 5.41) is 3.72. The van der Waals surface area contributed by atoms with E-state index in [1.807, 2.05) is 0 Å². The second kappa shape index (κ2) is 6.90. The zero-order chi connectivity index (χ0) is 20.9. The lowest BCUT2D eigenvalue weighted by molar-refractivity contribution is 0.554. The van der Waals surface area contributed by atoms with Crippen molar-refractivity contribution in [1.82, 2.24) is 19.3 Å². The molecule has 0 saturated carbocycles. The largest absolute Gasteiger partial charge is 0.417 e. The van der Waals surface area contributed by atoms with Crippen LogP contribution in [0.15, 0.2) is 60.0 Å². The second-order valence-electron chi connectivity index (χ2n) is 5.98. The maximum absolute atomic E-state index is 12.9. The molecule has 0 aliphatic rings. The quantitative estimate of drug-likeness (QED) is 0.442. The average Bonchev–Trinajstić information content (AvgIpc) is 3.17. The van der Waals surface area contributed by atoms with E-state index in [0.717, 1.165) is 0 Å². The summed E-state index contributed by atoms with van der Waals surface area (Å²) in [6.45, 7) is 0. The number of aryl methyl sites for hydroxylation is 1. The van der Waals surface area contributed by atoms with E-state index in [4.69, 9.17) is 16.0 Å². The Morgan fingerprint density at radius 3 is 2.55 bits per heavy atom. The van der Waals surface area contributed by atoms with Crippen molar-refractivity contribution in [3.05, 3.63) is 67.2 Å². The topological polar surface area (TPSA) is 132 Å².